The van der Waals surface area contributed by atoms with Crippen molar-refractivity contribution in [2.24, 2.45) is 45.3 Å². The second-order valence-electron chi connectivity index (χ2n) is 15.0. The zero-order chi connectivity index (χ0) is 29.0. The Labute approximate surface area is 233 Å². The van der Waals surface area contributed by atoms with Crippen LogP contribution in [0.15, 0.2) is 23.8 Å². The van der Waals surface area contributed by atoms with E-state index in [4.69, 9.17) is 9.47 Å². The predicted molar refractivity (Wildman–Crippen MR) is 146 cm³/mol. The number of carbonyl (C=O) groups is 2. The van der Waals surface area contributed by atoms with Crippen LogP contribution >= 0.6 is 0 Å². The predicted octanol–water partition coefficient (Wildman–Crippen LogP) is 4.34. The zero-order valence-electron chi connectivity index (χ0n) is 24.9. The van der Waals surface area contributed by atoms with Crippen molar-refractivity contribution >= 4 is 11.8 Å². The minimum atomic E-state index is -2.01. The van der Waals surface area contributed by atoms with Crippen LogP contribution in [0.1, 0.15) is 87.5 Å². The van der Waals surface area contributed by atoms with Crippen LogP contribution in [0.4, 0.5) is 0 Å². The first-order valence-corrected chi connectivity index (χ1v) is 14.7. The molecule has 3 fully saturated rings. The smallest absolute Gasteiger partial charge is 0.302 e. The number of ether oxygens (including phenoxy) is 2. The van der Waals surface area contributed by atoms with Crippen molar-refractivity contribution in [3.05, 3.63) is 23.8 Å². The third-order valence-electron chi connectivity index (χ3n) is 12.2. The highest BCUT2D eigenvalue weighted by Gasteiger charge is 2.69. The number of ketones is 1. The number of fused-ring (bicyclic) bond motifs is 5. The average Bonchev–Trinajstić information content (AvgIpc) is 3.17. The van der Waals surface area contributed by atoms with Crippen LogP contribution in [0.25, 0.3) is 0 Å². The molecule has 1 heterocycles. The first-order valence-electron chi connectivity index (χ1n) is 14.7. The van der Waals surface area contributed by atoms with Gasteiger partial charge in [0.05, 0.1) is 6.61 Å². The maximum Gasteiger partial charge on any atom is 0.302 e. The van der Waals surface area contributed by atoms with Crippen molar-refractivity contribution in [1.29, 1.82) is 0 Å². The molecular weight excluding hydrogens is 496 g/mol. The molecule has 0 spiro atoms. The van der Waals surface area contributed by atoms with E-state index in [0.29, 0.717) is 12.8 Å². The SMILES string of the molecule is CC(=O)O[C@@H]1C[C@@H]2C(C)(C)C(=O)C=C[C@]2(C)[C@H]2CC[C@]3(C)C(=CC[C@H]3[C@H]3CO[C@](O)(C(C)(C)O)[C@H](O)C3)[C@@]21C. The molecule has 39 heavy (non-hydrogen) atoms. The Morgan fingerprint density at radius 2 is 1.79 bits per heavy atom. The summed E-state index contributed by atoms with van der Waals surface area (Å²) in [5.41, 5.74) is -1.61. The Morgan fingerprint density at radius 1 is 1.13 bits per heavy atom. The molecule has 5 rings (SSSR count). The second-order valence-corrected chi connectivity index (χ2v) is 15.0. The van der Waals surface area contributed by atoms with Crippen LogP contribution in [0.3, 0.4) is 0 Å². The van der Waals surface area contributed by atoms with Gasteiger partial charge in [-0.05, 0) is 86.5 Å². The van der Waals surface area contributed by atoms with Crippen LogP contribution in [0, 0.1) is 45.3 Å². The Bertz CT molecular complexity index is 1120. The molecule has 0 aromatic heterocycles. The lowest BCUT2D eigenvalue weighted by molar-refractivity contribution is -0.353. The van der Waals surface area contributed by atoms with Gasteiger partial charge in [-0.15, -0.1) is 0 Å². The fourth-order valence-electron chi connectivity index (χ4n) is 10.1. The van der Waals surface area contributed by atoms with Gasteiger partial charge in [0, 0.05) is 17.8 Å². The summed E-state index contributed by atoms with van der Waals surface area (Å²) < 4.78 is 12.0. The highest BCUT2D eigenvalue weighted by Crippen LogP contribution is 2.72. The van der Waals surface area contributed by atoms with Crippen molar-refractivity contribution in [3.63, 3.8) is 0 Å². The van der Waals surface area contributed by atoms with Gasteiger partial charge < -0.3 is 24.8 Å². The molecule has 0 bridgehead atoms. The van der Waals surface area contributed by atoms with Crippen molar-refractivity contribution in [1.82, 2.24) is 0 Å². The van der Waals surface area contributed by atoms with E-state index in [1.807, 2.05) is 13.8 Å². The van der Waals surface area contributed by atoms with Crippen LogP contribution in [-0.2, 0) is 19.1 Å². The molecule has 5 aliphatic rings. The van der Waals surface area contributed by atoms with Gasteiger partial charge in [-0.1, -0.05) is 52.3 Å². The monoisotopic (exact) mass is 544 g/mol. The summed E-state index contributed by atoms with van der Waals surface area (Å²) in [6.45, 7) is 15.6. The Balaban J connectivity index is 1.51. The van der Waals surface area contributed by atoms with Gasteiger partial charge in [-0.2, -0.15) is 0 Å². The number of aliphatic hydroxyl groups is 3. The number of carbonyl (C=O) groups excluding carboxylic acids is 2. The Hall–Kier alpha value is -1.54. The second kappa shape index (κ2) is 8.73. The summed E-state index contributed by atoms with van der Waals surface area (Å²) in [6.07, 6.45) is 8.42. The fraction of sp³-hybridized carbons (Fsp3) is 0.812. The third-order valence-corrected chi connectivity index (χ3v) is 12.2. The number of esters is 1. The number of hydrogen-bond donors (Lipinski definition) is 3. The van der Waals surface area contributed by atoms with Gasteiger partial charge in [0.2, 0.25) is 5.79 Å². The van der Waals surface area contributed by atoms with Gasteiger partial charge >= 0.3 is 5.97 Å². The third kappa shape index (κ3) is 3.82. The molecule has 3 N–H and O–H groups in total. The van der Waals surface area contributed by atoms with Gasteiger partial charge in [0.25, 0.3) is 0 Å². The molecule has 218 valence electrons. The van der Waals surface area contributed by atoms with E-state index in [-0.39, 0.29) is 59.0 Å². The van der Waals surface area contributed by atoms with Gasteiger partial charge in [-0.25, -0.2) is 0 Å². The van der Waals surface area contributed by atoms with Crippen molar-refractivity contribution in [2.75, 3.05) is 6.61 Å². The van der Waals surface area contributed by atoms with E-state index in [1.165, 1.54) is 26.3 Å². The average molecular weight is 545 g/mol. The lowest BCUT2D eigenvalue weighted by Crippen LogP contribution is -2.65. The van der Waals surface area contributed by atoms with E-state index in [1.54, 1.807) is 6.08 Å². The summed E-state index contributed by atoms with van der Waals surface area (Å²) in [5, 5.41) is 32.4. The quantitative estimate of drug-likeness (QED) is 0.358. The maximum atomic E-state index is 13.0. The first kappa shape index (κ1) is 29.0. The molecule has 1 saturated heterocycles. The summed E-state index contributed by atoms with van der Waals surface area (Å²) in [4.78, 5) is 25.4. The standard InChI is InChI=1S/C32H48O7/c1-18(33)39-26-16-23-27(2,3)24(34)12-14-30(23,7)22-11-13-29(6)20(9-10-21(29)31(22,26)8)19-15-25(35)32(37,38-17-19)28(4,5)36/h10,12,14,19-20,22-23,25-26,35-37H,9,11,13,15-17H2,1-8H3/t19-,20+,22-,23-,25-,26-,29+,30-,31+,32+/m1/s1. The number of hydrogen-bond acceptors (Lipinski definition) is 7. The molecule has 7 heteroatoms. The molecular formula is C32H48O7. The van der Waals surface area contributed by atoms with Crippen LogP contribution in [-0.4, -0.2) is 57.3 Å². The van der Waals surface area contributed by atoms with Gasteiger partial charge in [0.1, 0.15) is 17.8 Å². The molecule has 0 amide bonds. The largest absolute Gasteiger partial charge is 0.462 e. The van der Waals surface area contributed by atoms with Gasteiger partial charge in [0.15, 0.2) is 5.78 Å². The van der Waals surface area contributed by atoms with E-state index in [9.17, 15) is 24.9 Å². The highest BCUT2D eigenvalue weighted by atomic mass is 16.7. The van der Waals surface area contributed by atoms with Crippen LogP contribution < -0.4 is 0 Å². The zero-order valence-corrected chi connectivity index (χ0v) is 24.9. The molecule has 1 aliphatic heterocycles. The Kier molecular flexibility index (Phi) is 6.49. The molecule has 0 aromatic rings. The topological polar surface area (TPSA) is 113 Å². The van der Waals surface area contributed by atoms with Crippen LogP contribution in [0.5, 0.6) is 0 Å². The fourth-order valence-corrected chi connectivity index (χ4v) is 10.1. The number of rotatable bonds is 3. The van der Waals surface area contributed by atoms with E-state index >= 15 is 0 Å². The number of allylic oxidation sites excluding steroid dienone is 3. The summed E-state index contributed by atoms with van der Waals surface area (Å²) >= 11 is 0. The minimum Gasteiger partial charge on any atom is -0.462 e. The minimum absolute atomic E-state index is 0.00626. The van der Waals surface area contributed by atoms with Crippen LogP contribution in [0.2, 0.25) is 0 Å². The number of aliphatic hydroxyl groups excluding tert-OH is 1. The molecule has 2 saturated carbocycles. The van der Waals surface area contributed by atoms with Crippen molar-refractivity contribution < 1.29 is 34.4 Å². The molecule has 7 nitrogen and oxygen atoms in total. The van der Waals surface area contributed by atoms with Crippen molar-refractivity contribution in [3.8, 4) is 0 Å². The van der Waals surface area contributed by atoms with Gasteiger partial charge in [-0.3, -0.25) is 9.59 Å². The van der Waals surface area contributed by atoms with E-state index < -0.39 is 28.3 Å². The normalized spacial score (nSPS) is 49.0. The van der Waals surface area contributed by atoms with E-state index in [2.05, 4.69) is 32.9 Å². The molecule has 10 atom stereocenters. The molecule has 0 unspecified atom stereocenters. The lowest BCUT2D eigenvalue weighted by Gasteiger charge is -2.66. The van der Waals surface area contributed by atoms with E-state index in [0.717, 1.165) is 19.3 Å². The Morgan fingerprint density at radius 3 is 2.38 bits per heavy atom. The molecule has 0 radical (unpaired) electrons. The van der Waals surface area contributed by atoms with Crippen molar-refractivity contribution in [2.45, 2.75) is 111 Å². The summed E-state index contributed by atoms with van der Waals surface area (Å²) in [6, 6.07) is 0. The summed E-state index contributed by atoms with van der Waals surface area (Å²) in [7, 11) is 0. The lowest BCUT2D eigenvalue weighted by atomic mass is 9.38. The summed E-state index contributed by atoms with van der Waals surface area (Å²) in [5.74, 6) is -1.71. The highest BCUT2D eigenvalue weighted by molar-refractivity contribution is 5.95. The first-order chi connectivity index (χ1) is 17.8. The maximum absolute atomic E-state index is 13.0. The molecule has 0 aromatic carbocycles. The molecule has 4 aliphatic carbocycles.